The van der Waals surface area contributed by atoms with Crippen LogP contribution in [0.3, 0.4) is 0 Å². The molecule has 1 aliphatic heterocycles. The van der Waals surface area contributed by atoms with E-state index in [1.807, 2.05) is 26.8 Å². The van der Waals surface area contributed by atoms with E-state index in [9.17, 15) is 18.5 Å². The summed E-state index contributed by atoms with van der Waals surface area (Å²) in [5.74, 6) is -1.31. The number of halogens is 1. The molecule has 1 atom stereocenters. The third-order valence-electron chi connectivity index (χ3n) is 5.77. The lowest BCUT2D eigenvalue weighted by atomic mass is 9.82. The van der Waals surface area contributed by atoms with Crippen molar-refractivity contribution in [1.29, 1.82) is 0 Å². The summed E-state index contributed by atoms with van der Waals surface area (Å²) in [6.07, 6.45) is 3.24. The van der Waals surface area contributed by atoms with Crippen LogP contribution in [-0.2, 0) is 28.7 Å². The molecule has 1 aliphatic rings. The van der Waals surface area contributed by atoms with Gasteiger partial charge in [-0.2, -0.15) is 0 Å². The van der Waals surface area contributed by atoms with Crippen LogP contribution in [0.2, 0.25) is 0 Å². The van der Waals surface area contributed by atoms with Gasteiger partial charge in [-0.3, -0.25) is 14.1 Å². The minimum atomic E-state index is -1.31. The maximum Gasteiger partial charge on any atom is 0.307 e. The quantitative estimate of drug-likeness (QED) is 0.640. The van der Waals surface area contributed by atoms with Gasteiger partial charge in [0, 0.05) is 18.0 Å². The number of anilines is 1. The summed E-state index contributed by atoms with van der Waals surface area (Å²) in [7, 11) is -1.31. The molecule has 1 N–H and O–H groups in total. The number of benzene rings is 2. The molecule has 1 unspecified atom stereocenters. The molecule has 1 aromatic heterocycles. The van der Waals surface area contributed by atoms with Crippen molar-refractivity contribution in [3.63, 3.8) is 0 Å². The zero-order valence-corrected chi connectivity index (χ0v) is 18.6. The Morgan fingerprint density at radius 1 is 1.16 bits per heavy atom. The first-order chi connectivity index (χ1) is 14.7. The zero-order chi connectivity index (χ0) is 22.4. The molecule has 160 valence electrons. The second-order valence-electron chi connectivity index (χ2n) is 7.89. The Kier molecular flexibility index (Phi) is 5.39. The number of aromatic nitrogens is 1. The largest absolute Gasteiger partial charge is 0.481 e. The summed E-state index contributed by atoms with van der Waals surface area (Å²) in [4.78, 5) is 16.4. The van der Waals surface area contributed by atoms with Crippen LogP contribution in [0.4, 0.5) is 10.1 Å². The van der Waals surface area contributed by atoms with Crippen molar-refractivity contribution >= 4 is 22.6 Å². The fourth-order valence-corrected chi connectivity index (χ4v) is 5.26. The van der Waals surface area contributed by atoms with Gasteiger partial charge in [-0.25, -0.2) is 8.60 Å². The van der Waals surface area contributed by atoms with Crippen molar-refractivity contribution in [2.45, 2.75) is 33.7 Å². The minimum absolute atomic E-state index is 0.189. The van der Waals surface area contributed by atoms with E-state index >= 15 is 0 Å². The molecule has 5 nitrogen and oxygen atoms in total. The van der Waals surface area contributed by atoms with E-state index in [2.05, 4.69) is 0 Å². The number of carboxylic acids is 1. The number of pyridine rings is 1. The number of aryl methyl sites for hydroxylation is 1. The number of nitrogens with zero attached hydrogens (tertiary/aromatic N) is 2. The fraction of sp³-hybridized carbons (Fsp3) is 0.250. The third-order valence-corrected chi connectivity index (χ3v) is 6.70. The second-order valence-corrected chi connectivity index (χ2v) is 9.17. The van der Waals surface area contributed by atoms with Crippen LogP contribution < -0.4 is 4.31 Å². The van der Waals surface area contributed by atoms with Crippen LogP contribution in [0.25, 0.3) is 22.4 Å². The van der Waals surface area contributed by atoms with E-state index in [-0.39, 0.29) is 12.2 Å². The number of rotatable bonds is 4. The summed E-state index contributed by atoms with van der Waals surface area (Å²) in [5, 5.41) is 9.62. The minimum Gasteiger partial charge on any atom is -0.481 e. The molecule has 0 spiro atoms. The van der Waals surface area contributed by atoms with Crippen LogP contribution in [-0.4, -0.2) is 26.5 Å². The third kappa shape index (κ3) is 3.63. The highest BCUT2D eigenvalue weighted by Gasteiger charge is 2.32. The van der Waals surface area contributed by atoms with Gasteiger partial charge in [-0.15, -0.1) is 0 Å². The van der Waals surface area contributed by atoms with Crippen molar-refractivity contribution < 1.29 is 18.5 Å². The average Bonchev–Trinajstić information content (AvgIpc) is 2.71. The number of carboxylic acid groups (broad SMARTS) is 1. The summed E-state index contributed by atoms with van der Waals surface area (Å²) >= 11 is 0. The molecular formula is C24H23FN2O3S. The van der Waals surface area contributed by atoms with E-state index in [0.717, 1.165) is 50.3 Å². The Balaban J connectivity index is 2.13. The molecule has 0 aliphatic carbocycles. The van der Waals surface area contributed by atoms with Gasteiger partial charge in [0.1, 0.15) is 16.8 Å². The maximum atomic E-state index is 13.6. The maximum absolute atomic E-state index is 13.6. The molecule has 0 amide bonds. The highest BCUT2D eigenvalue weighted by Crippen LogP contribution is 2.48. The Labute approximate surface area is 183 Å². The van der Waals surface area contributed by atoms with E-state index in [1.165, 1.54) is 12.1 Å². The van der Waals surface area contributed by atoms with Gasteiger partial charge in [0.25, 0.3) is 0 Å². The number of hydrogen-bond acceptors (Lipinski definition) is 3. The first kappa shape index (κ1) is 21.2. The predicted molar refractivity (Wildman–Crippen MR) is 121 cm³/mol. The fourth-order valence-electron chi connectivity index (χ4n) is 4.46. The van der Waals surface area contributed by atoms with Crippen LogP contribution >= 0.6 is 0 Å². The lowest BCUT2D eigenvalue weighted by molar-refractivity contribution is -0.136. The van der Waals surface area contributed by atoms with E-state index in [1.54, 1.807) is 28.9 Å². The zero-order valence-electron chi connectivity index (χ0n) is 17.8. The van der Waals surface area contributed by atoms with Crippen molar-refractivity contribution in [2.24, 2.45) is 0 Å². The molecule has 2 aromatic carbocycles. The van der Waals surface area contributed by atoms with Gasteiger partial charge < -0.3 is 5.11 Å². The van der Waals surface area contributed by atoms with Gasteiger partial charge in [-0.05, 0) is 71.8 Å². The molecule has 0 radical (unpaired) electrons. The number of hydrogen-bond donors (Lipinski definition) is 1. The van der Waals surface area contributed by atoms with Crippen LogP contribution in [0.1, 0.15) is 27.8 Å². The van der Waals surface area contributed by atoms with Crippen LogP contribution in [0.15, 0.2) is 36.5 Å². The predicted octanol–water partition coefficient (Wildman–Crippen LogP) is 4.72. The molecule has 0 bridgehead atoms. The Morgan fingerprint density at radius 2 is 1.84 bits per heavy atom. The monoisotopic (exact) mass is 438 g/mol. The van der Waals surface area contributed by atoms with Crippen molar-refractivity contribution in [2.75, 3.05) is 10.6 Å². The Morgan fingerprint density at radius 3 is 2.45 bits per heavy atom. The smallest absolute Gasteiger partial charge is 0.307 e. The van der Waals surface area contributed by atoms with Gasteiger partial charge in [0.15, 0.2) is 0 Å². The Bertz CT molecular complexity index is 1240. The van der Waals surface area contributed by atoms with E-state index in [4.69, 9.17) is 4.98 Å². The summed E-state index contributed by atoms with van der Waals surface area (Å²) in [6, 6.07) is 8.12. The Hall–Kier alpha value is -3.06. The topological polar surface area (TPSA) is 70.5 Å². The van der Waals surface area contributed by atoms with Gasteiger partial charge in [-0.1, -0.05) is 18.2 Å². The summed E-state index contributed by atoms with van der Waals surface area (Å²) in [6.45, 7) is 6.19. The molecular weight excluding hydrogens is 415 g/mol. The van der Waals surface area contributed by atoms with Crippen LogP contribution in [0, 0.1) is 26.6 Å². The summed E-state index contributed by atoms with van der Waals surface area (Å²) < 4.78 is 28.1. The molecule has 0 saturated carbocycles. The normalized spacial score (nSPS) is 13.5. The summed E-state index contributed by atoms with van der Waals surface area (Å²) in [5.41, 5.74) is 8.14. The molecule has 31 heavy (non-hydrogen) atoms. The SMILES string of the molecule is Cc1cnc2c(c1)CN(S(C)=O)c1c(C)c(CC(=O)O)c(-c3ccc(F)cc3)c(C)c1-2. The number of fused-ring (bicyclic) bond motifs is 3. The molecule has 7 heteroatoms. The first-order valence-electron chi connectivity index (χ1n) is 9.89. The van der Waals surface area contributed by atoms with E-state index in [0.29, 0.717) is 12.1 Å². The van der Waals surface area contributed by atoms with Gasteiger partial charge in [0.05, 0.1) is 24.3 Å². The lowest BCUT2D eigenvalue weighted by Gasteiger charge is -2.35. The van der Waals surface area contributed by atoms with Gasteiger partial charge in [0.2, 0.25) is 0 Å². The lowest BCUT2D eigenvalue weighted by Crippen LogP contribution is -2.30. The average molecular weight is 439 g/mol. The van der Waals surface area contributed by atoms with Crippen LogP contribution in [0.5, 0.6) is 0 Å². The molecule has 0 saturated heterocycles. The van der Waals surface area contributed by atoms with Crippen molar-refractivity contribution in [1.82, 2.24) is 4.98 Å². The molecule has 2 heterocycles. The molecule has 4 rings (SSSR count). The molecule has 3 aromatic rings. The van der Waals surface area contributed by atoms with E-state index < -0.39 is 17.0 Å². The highest BCUT2D eigenvalue weighted by molar-refractivity contribution is 7.85. The second kappa shape index (κ2) is 7.89. The highest BCUT2D eigenvalue weighted by atomic mass is 32.2. The standard InChI is InChI=1S/C24H23FN2O3S/c1-13-9-17-12-27(31(4)30)24-14(2)19(10-20(28)29)21(16-5-7-18(25)8-6-16)15(3)22(24)23(17)26-11-13/h5-9,11H,10,12H2,1-4H3,(H,28,29). The van der Waals surface area contributed by atoms with Gasteiger partial charge >= 0.3 is 5.97 Å². The number of carbonyl (C=O) groups is 1. The van der Waals surface area contributed by atoms with Crippen molar-refractivity contribution in [3.8, 4) is 22.4 Å². The first-order valence-corrected chi connectivity index (χ1v) is 11.4. The molecule has 0 fully saturated rings. The number of aliphatic carboxylic acids is 1. The van der Waals surface area contributed by atoms with Crippen molar-refractivity contribution in [3.05, 3.63) is 70.2 Å².